The summed E-state index contributed by atoms with van der Waals surface area (Å²) in [5.41, 5.74) is 0.612. The van der Waals surface area contributed by atoms with Crippen molar-refractivity contribution >= 4 is 0 Å². The van der Waals surface area contributed by atoms with Gasteiger partial charge in [0.25, 0.3) is 0 Å². The lowest BCUT2D eigenvalue weighted by Crippen LogP contribution is -2.38. The first kappa shape index (κ1) is 13.9. The standard InChI is InChI=1S/C15H20N2O2/c16-10-13-4-6-15(7-5-13)19-12-14(18)11-17-8-2-1-3-9-17/h4-7,14,18H,1-3,8-9,11-12H2/t14-/m0/s1. The van der Waals surface area contributed by atoms with Crippen LogP contribution in [0.2, 0.25) is 0 Å². The number of piperidine rings is 1. The molecule has 19 heavy (non-hydrogen) atoms. The molecule has 4 nitrogen and oxygen atoms in total. The molecule has 1 N–H and O–H groups in total. The summed E-state index contributed by atoms with van der Waals surface area (Å²) in [5.74, 6) is 0.691. The topological polar surface area (TPSA) is 56.5 Å². The SMILES string of the molecule is N#Cc1ccc(OC[C@@H](O)CN2CCCCC2)cc1. The molecule has 1 heterocycles. The van der Waals surface area contributed by atoms with Crippen molar-refractivity contribution in [3.8, 4) is 11.8 Å². The molecule has 1 atom stereocenters. The maximum Gasteiger partial charge on any atom is 0.119 e. The molecule has 1 fully saturated rings. The molecule has 0 aromatic heterocycles. The van der Waals surface area contributed by atoms with Crippen molar-refractivity contribution in [2.45, 2.75) is 25.4 Å². The van der Waals surface area contributed by atoms with E-state index in [0.717, 1.165) is 13.1 Å². The Morgan fingerprint density at radius 1 is 1.21 bits per heavy atom. The molecule has 0 unspecified atom stereocenters. The van der Waals surface area contributed by atoms with Gasteiger partial charge in [0.1, 0.15) is 18.5 Å². The zero-order valence-corrected chi connectivity index (χ0v) is 11.1. The van der Waals surface area contributed by atoms with Crippen LogP contribution in [0.4, 0.5) is 0 Å². The van der Waals surface area contributed by atoms with E-state index in [-0.39, 0.29) is 0 Å². The van der Waals surface area contributed by atoms with E-state index in [1.54, 1.807) is 24.3 Å². The fraction of sp³-hybridized carbons (Fsp3) is 0.533. The zero-order valence-electron chi connectivity index (χ0n) is 11.1. The van der Waals surface area contributed by atoms with Gasteiger partial charge in [-0.15, -0.1) is 0 Å². The van der Waals surface area contributed by atoms with Gasteiger partial charge in [0.05, 0.1) is 11.6 Å². The minimum absolute atomic E-state index is 0.294. The van der Waals surface area contributed by atoms with Gasteiger partial charge in [0.15, 0.2) is 0 Å². The van der Waals surface area contributed by atoms with Crippen molar-refractivity contribution in [3.63, 3.8) is 0 Å². The third-order valence-electron chi connectivity index (χ3n) is 3.34. The second-order valence-corrected chi connectivity index (χ2v) is 4.96. The molecule has 0 saturated carbocycles. The molecule has 102 valence electrons. The third-order valence-corrected chi connectivity index (χ3v) is 3.34. The minimum Gasteiger partial charge on any atom is -0.491 e. The summed E-state index contributed by atoms with van der Waals surface area (Å²) in [6.45, 7) is 3.13. The van der Waals surface area contributed by atoms with Crippen molar-refractivity contribution < 1.29 is 9.84 Å². The van der Waals surface area contributed by atoms with E-state index in [0.29, 0.717) is 24.5 Å². The van der Waals surface area contributed by atoms with E-state index < -0.39 is 6.10 Å². The van der Waals surface area contributed by atoms with E-state index in [2.05, 4.69) is 11.0 Å². The fourth-order valence-electron chi connectivity index (χ4n) is 2.31. The number of nitriles is 1. The van der Waals surface area contributed by atoms with Gasteiger partial charge in [-0.05, 0) is 50.2 Å². The zero-order chi connectivity index (χ0) is 13.5. The molecule has 4 heteroatoms. The van der Waals surface area contributed by atoms with Crippen LogP contribution >= 0.6 is 0 Å². The molecular formula is C15H20N2O2. The van der Waals surface area contributed by atoms with Crippen molar-refractivity contribution in [3.05, 3.63) is 29.8 Å². The summed E-state index contributed by atoms with van der Waals surface area (Å²) >= 11 is 0. The number of ether oxygens (including phenoxy) is 1. The third kappa shape index (κ3) is 4.55. The summed E-state index contributed by atoms with van der Waals surface area (Å²) in [4.78, 5) is 2.29. The highest BCUT2D eigenvalue weighted by molar-refractivity contribution is 5.34. The Hall–Kier alpha value is -1.57. The van der Waals surface area contributed by atoms with Crippen LogP contribution in [0.1, 0.15) is 24.8 Å². The number of aliphatic hydroxyl groups excluding tert-OH is 1. The van der Waals surface area contributed by atoms with Crippen LogP contribution in [0, 0.1) is 11.3 Å². The summed E-state index contributed by atoms with van der Waals surface area (Å²) in [6, 6.07) is 9.00. The first-order valence-corrected chi connectivity index (χ1v) is 6.81. The Balaban J connectivity index is 1.73. The molecule has 0 amide bonds. The van der Waals surface area contributed by atoms with Crippen LogP contribution in [0.3, 0.4) is 0 Å². The van der Waals surface area contributed by atoms with Crippen LogP contribution in [-0.2, 0) is 0 Å². The highest BCUT2D eigenvalue weighted by Gasteiger charge is 2.14. The Bertz CT molecular complexity index is 419. The van der Waals surface area contributed by atoms with E-state index >= 15 is 0 Å². The summed E-state index contributed by atoms with van der Waals surface area (Å²) in [7, 11) is 0. The summed E-state index contributed by atoms with van der Waals surface area (Å²) < 4.78 is 5.52. The lowest BCUT2D eigenvalue weighted by molar-refractivity contribution is 0.0617. The number of hydrogen-bond donors (Lipinski definition) is 1. The molecule has 1 aliphatic heterocycles. The maximum absolute atomic E-state index is 9.94. The van der Waals surface area contributed by atoms with Crippen molar-refractivity contribution in [2.75, 3.05) is 26.2 Å². The van der Waals surface area contributed by atoms with Gasteiger partial charge in [-0.3, -0.25) is 0 Å². The van der Waals surface area contributed by atoms with Gasteiger partial charge >= 0.3 is 0 Å². The van der Waals surface area contributed by atoms with E-state index in [1.165, 1.54) is 19.3 Å². The Labute approximate surface area is 114 Å². The Kier molecular flexibility index (Phi) is 5.20. The quantitative estimate of drug-likeness (QED) is 0.877. The summed E-state index contributed by atoms with van der Waals surface area (Å²) in [6.07, 6.45) is 3.29. The molecule has 2 rings (SSSR count). The predicted octanol–water partition coefficient (Wildman–Crippen LogP) is 1.78. The van der Waals surface area contributed by atoms with Gasteiger partial charge < -0.3 is 14.7 Å². The molecule has 0 spiro atoms. The number of aliphatic hydroxyl groups is 1. The number of rotatable bonds is 5. The first-order chi connectivity index (χ1) is 9.28. The fourth-order valence-corrected chi connectivity index (χ4v) is 2.31. The average molecular weight is 260 g/mol. The Morgan fingerprint density at radius 2 is 1.89 bits per heavy atom. The number of nitrogens with zero attached hydrogens (tertiary/aromatic N) is 2. The molecular weight excluding hydrogens is 240 g/mol. The molecule has 0 bridgehead atoms. The molecule has 1 saturated heterocycles. The molecule has 0 aliphatic carbocycles. The van der Waals surface area contributed by atoms with Crippen LogP contribution in [0.25, 0.3) is 0 Å². The predicted molar refractivity (Wildman–Crippen MR) is 72.9 cm³/mol. The van der Waals surface area contributed by atoms with Crippen molar-refractivity contribution in [2.24, 2.45) is 0 Å². The smallest absolute Gasteiger partial charge is 0.119 e. The molecule has 1 aliphatic rings. The lowest BCUT2D eigenvalue weighted by atomic mass is 10.1. The molecule has 0 radical (unpaired) electrons. The van der Waals surface area contributed by atoms with Gasteiger partial charge in [-0.1, -0.05) is 6.42 Å². The second kappa shape index (κ2) is 7.13. The minimum atomic E-state index is -0.464. The van der Waals surface area contributed by atoms with E-state index in [4.69, 9.17) is 10.00 Å². The molecule has 1 aromatic carbocycles. The van der Waals surface area contributed by atoms with Gasteiger partial charge in [0.2, 0.25) is 0 Å². The number of β-amino-alcohol motifs (C(OH)–C–C–N with tert-alkyl or cyclic N) is 1. The monoisotopic (exact) mass is 260 g/mol. The second-order valence-electron chi connectivity index (χ2n) is 4.96. The lowest BCUT2D eigenvalue weighted by Gasteiger charge is -2.28. The van der Waals surface area contributed by atoms with Gasteiger partial charge in [-0.25, -0.2) is 0 Å². The van der Waals surface area contributed by atoms with Gasteiger partial charge in [0, 0.05) is 6.54 Å². The van der Waals surface area contributed by atoms with Crippen LogP contribution < -0.4 is 4.74 Å². The summed E-state index contributed by atoms with van der Waals surface area (Å²) in [5, 5.41) is 18.6. The van der Waals surface area contributed by atoms with Crippen molar-refractivity contribution in [1.29, 1.82) is 5.26 Å². The average Bonchev–Trinajstić information content (AvgIpc) is 2.47. The van der Waals surface area contributed by atoms with Crippen molar-refractivity contribution in [1.82, 2.24) is 4.90 Å². The molecule has 1 aromatic rings. The first-order valence-electron chi connectivity index (χ1n) is 6.81. The largest absolute Gasteiger partial charge is 0.491 e. The Morgan fingerprint density at radius 3 is 2.53 bits per heavy atom. The highest BCUT2D eigenvalue weighted by atomic mass is 16.5. The van der Waals surface area contributed by atoms with Crippen LogP contribution in [0.15, 0.2) is 24.3 Å². The number of likely N-dealkylation sites (tertiary alicyclic amines) is 1. The van der Waals surface area contributed by atoms with Crippen LogP contribution in [0.5, 0.6) is 5.75 Å². The van der Waals surface area contributed by atoms with Crippen LogP contribution in [-0.4, -0.2) is 42.4 Å². The van der Waals surface area contributed by atoms with E-state index in [9.17, 15) is 5.11 Å². The number of benzene rings is 1. The van der Waals surface area contributed by atoms with E-state index in [1.807, 2.05) is 0 Å². The maximum atomic E-state index is 9.94. The number of hydrogen-bond acceptors (Lipinski definition) is 4. The normalized spacial score (nSPS) is 17.7. The van der Waals surface area contributed by atoms with Gasteiger partial charge in [-0.2, -0.15) is 5.26 Å². The highest BCUT2D eigenvalue weighted by Crippen LogP contribution is 2.13.